The zero-order chi connectivity index (χ0) is 17.2. The van der Waals surface area contributed by atoms with Crippen LogP contribution < -0.4 is 0 Å². The van der Waals surface area contributed by atoms with Crippen LogP contribution in [0.1, 0.15) is 17.5 Å². The fourth-order valence-corrected chi connectivity index (χ4v) is 4.53. The lowest BCUT2D eigenvalue weighted by Gasteiger charge is -2.44. The van der Waals surface area contributed by atoms with Gasteiger partial charge in [-0.1, -0.05) is 54.1 Å². The van der Waals surface area contributed by atoms with E-state index in [0.29, 0.717) is 12.1 Å². The van der Waals surface area contributed by atoms with Crippen LogP contribution in [0.5, 0.6) is 0 Å². The molecule has 25 heavy (non-hydrogen) atoms. The van der Waals surface area contributed by atoms with E-state index < -0.39 is 0 Å². The SMILES string of the molecule is O[C@@H]1C[C@H]2CN(Cc3cccc(Cl)c3)[C@H](Cc3ccccc3)CN2C1. The predicted octanol–water partition coefficient (Wildman–Crippen LogP) is 3.20. The summed E-state index contributed by atoms with van der Waals surface area (Å²) in [5, 5.41) is 10.9. The summed E-state index contributed by atoms with van der Waals surface area (Å²) in [7, 11) is 0. The Bertz CT molecular complexity index is 708. The second-order valence-electron chi connectivity index (χ2n) is 7.40. The van der Waals surface area contributed by atoms with Gasteiger partial charge >= 0.3 is 0 Å². The number of hydrogen-bond donors (Lipinski definition) is 1. The average Bonchev–Trinajstić information content (AvgIpc) is 2.95. The van der Waals surface area contributed by atoms with Gasteiger partial charge in [0.15, 0.2) is 0 Å². The Balaban J connectivity index is 1.53. The van der Waals surface area contributed by atoms with E-state index >= 15 is 0 Å². The highest BCUT2D eigenvalue weighted by Gasteiger charge is 2.39. The van der Waals surface area contributed by atoms with Gasteiger partial charge in [-0.3, -0.25) is 9.80 Å². The van der Waals surface area contributed by atoms with Crippen LogP contribution in [0.4, 0.5) is 0 Å². The van der Waals surface area contributed by atoms with Gasteiger partial charge in [0.25, 0.3) is 0 Å². The third-order valence-electron chi connectivity index (χ3n) is 5.50. The van der Waals surface area contributed by atoms with Gasteiger partial charge in [-0.15, -0.1) is 0 Å². The molecule has 1 N–H and O–H groups in total. The normalized spacial score (nSPS) is 27.4. The van der Waals surface area contributed by atoms with Crippen molar-refractivity contribution >= 4 is 11.6 Å². The third kappa shape index (κ3) is 4.06. The molecule has 2 aromatic rings. The highest BCUT2D eigenvalue weighted by atomic mass is 35.5. The van der Waals surface area contributed by atoms with E-state index in [1.54, 1.807) is 0 Å². The first-order valence-electron chi connectivity index (χ1n) is 9.12. The molecule has 2 aliphatic rings. The van der Waals surface area contributed by atoms with Gasteiger partial charge in [-0.2, -0.15) is 0 Å². The van der Waals surface area contributed by atoms with Gasteiger partial charge < -0.3 is 5.11 Å². The average molecular weight is 357 g/mol. The largest absolute Gasteiger partial charge is 0.392 e. The molecule has 0 aliphatic carbocycles. The van der Waals surface area contributed by atoms with E-state index in [0.717, 1.165) is 44.0 Å². The number of aliphatic hydroxyl groups excluding tert-OH is 1. The van der Waals surface area contributed by atoms with Gasteiger partial charge in [0.05, 0.1) is 6.10 Å². The van der Waals surface area contributed by atoms with Crippen molar-refractivity contribution in [3.8, 4) is 0 Å². The molecule has 132 valence electrons. The van der Waals surface area contributed by atoms with Crippen molar-refractivity contribution in [1.82, 2.24) is 9.80 Å². The van der Waals surface area contributed by atoms with Crippen molar-refractivity contribution in [3.63, 3.8) is 0 Å². The lowest BCUT2D eigenvalue weighted by Crippen LogP contribution is -2.56. The molecule has 3 nitrogen and oxygen atoms in total. The number of benzene rings is 2. The molecule has 0 saturated carbocycles. The minimum Gasteiger partial charge on any atom is -0.392 e. The fourth-order valence-electron chi connectivity index (χ4n) is 4.32. The lowest BCUT2D eigenvalue weighted by molar-refractivity contribution is 0.0445. The molecule has 0 unspecified atom stereocenters. The maximum atomic E-state index is 10.1. The smallest absolute Gasteiger partial charge is 0.0682 e. The second kappa shape index (κ2) is 7.46. The number of piperazine rings is 1. The van der Waals surface area contributed by atoms with Crippen LogP contribution in [0.25, 0.3) is 0 Å². The zero-order valence-corrected chi connectivity index (χ0v) is 15.1. The van der Waals surface area contributed by atoms with E-state index in [1.807, 2.05) is 12.1 Å². The monoisotopic (exact) mass is 356 g/mol. The molecule has 0 aromatic heterocycles. The Labute approximate surface area is 154 Å². The summed E-state index contributed by atoms with van der Waals surface area (Å²) < 4.78 is 0. The maximum Gasteiger partial charge on any atom is 0.0682 e. The molecule has 4 rings (SSSR count). The van der Waals surface area contributed by atoms with E-state index in [-0.39, 0.29) is 6.10 Å². The van der Waals surface area contributed by atoms with Gasteiger partial charge in [-0.05, 0) is 36.1 Å². The molecule has 3 atom stereocenters. The number of aliphatic hydroxyl groups is 1. The predicted molar refractivity (Wildman–Crippen MR) is 102 cm³/mol. The highest BCUT2D eigenvalue weighted by molar-refractivity contribution is 6.30. The van der Waals surface area contributed by atoms with Crippen molar-refractivity contribution in [2.24, 2.45) is 0 Å². The van der Waals surface area contributed by atoms with Crippen molar-refractivity contribution in [3.05, 3.63) is 70.7 Å². The molecule has 2 aliphatic heterocycles. The van der Waals surface area contributed by atoms with Crippen LogP contribution >= 0.6 is 11.6 Å². The third-order valence-corrected chi connectivity index (χ3v) is 5.74. The van der Waals surface area contributed by atoms with Crippen molar-refractivity contribution in [1.29, 1.82) is 0 Å². The summed E-state index contributed by atoms with van der Waals surface area (Å²) in [6.45, 7) is 3.78. The minimum absolute atomic E-state index is 0.173. The van der Waals surface area contributed by atoms with E-state index in [4.69, 9.17) is 11.6 Å². The zero-order valence-electron chi connectivity index (χ0n) is 14.4. The molecule has 2 heterocycles. The van der Waals surface area contributed by atoms with E-state index in [9.17, 15) is 5.11 Å². The van der Waals surface area contributed by atoms with E-state index in [1.165, 1.54) is 11.1 Å². The van der Waals surface area contributed by atoms with Crippen LogP contribution in [0.15, 0.2) is 54.6 Å². The molecule has 2 fully saturated rings. The van der Waals surface area contributed by atoms with Crippen LogP contribution in [0.2, 0.25) is 5.02 Å². The summed E-state index contributed by atoms with van der Waals surface area (Å²) in [4.78, 5) is 5.06. The Morgan fingerprint density at radius 3 is 2.56 bits per heavy atom. The molecule has 0 bridgehead atoms. The van der Waals surface area contributed by atoms with Crippen molar-refractivity contribution in [2.75, 3.05) is 19.6 Å². The molecule has 2 aromatic carbocycles. The Morgan fingerprint density at radius 2 is 1.76 bits per heavy atom. The van der Waals surface area contributed by atoms with Gasteiger partial charge in [-0.25, -0.2) is 0 Å². The minimum atomic E-state index is -0.173. The Kier molecular flexibility index (Phi) is 5.09. The molecule has 0 amide bonds. The number of hydrogen-bond acceptors (Lipinski definition) is 3. The summed E-state index contributed by atoms with van der Waals surface area (Å²) in [6, 6.07) is 19.8. The van der Waals surface area contributed by atoms with Crippen LogP contribution in [0.3, 0.4) is 0 Å². The van der Waals surface area contributed by atoms with Gasteiger partial charge in [0, 0.05) is 43.3 Å². The van der Waals surface area contributed by atoms with Crippen LogP contribution in [0, 0.1) is 0 Å². The first-order valence-corrected chi connectivity index (χ1v) is 9.50. The molecular formula is C21H25ClN2O. The van der Waals surface area contributed by atoms with Crippen molar-refractivity contribution < 1.29 is 5.11 Å². The lowest BCUT2D eigenvalue weighted by atomic mass is 9.99. The maximum absolute atomic E-state index is 10.1. The topological polar surface area (TPSA) is 26.7 Å². The summed E-state index contributed by atoms with van der Waals surface area (Å²) in [6.07, 6.45) is 1.76. The van der Waals surface area contributed by atoms with Gasteiger partial charge in [0.1, 0.15) is 0 Å². The summed E-state index contributed by atoms with van der Waals surface area (Å²) in [5.74, 6) is 0. The first-order chi connectivity index (χ1) is 12.2. The van der Waals surface area contributed by atoms with E-state index in [2.05, 4.69) is 52.3 Å². The molecule has 2 saturated heterocycles. The summed E-state index contributed by atoms with van der Waals surface area (Å²) in [5.41, 5.74) is 2.64. The fraction of sp³-hybridized carbons (Fsp3) is 0.429. The number of nitrogens with zero attached hydrogens (tertiary/aromatic N) is 2. The van der Waals surface area contributed by atoms with Crippen LogP contribution in [-0.2, 0) is 13.0 Å². The summed E-state index contributed by atoms with van der Waals surface area (Å²) >= 11 is 6.18. The number of rotatable bonds is 4. The standard InChI is InChI=1S/C21H25ClN2O/c22-18-8-4-7-17(9-18)12-23-14-20-11-21(25)15-24(20)13-19(23)10-16-5-2-1-3-6-16/h1-9,19-21,25H,10-15H2/t19-,20+,21-/m1/s1. The number of halogens is 1. The first kappa shape index (κ1) is 17.0. The molecule has 0 spiro atoms. The molecule has 4 heteroatoms. The second-order valence-corrected chi connectivity index (χ2v) is 7.84. The number of fused-ring (bicyclic) bond motifs is 1. The Hall–Kier alpha value is -1.39. The quantitative estimate of drug-likeness (QED) is 0.911. The molecular weight excluding hydrogens is 332 g/mol. The highest BCUT2D eigenvalue weighted by Crippen LogP contribution is 2.28. The van der Waals surface area contributed by atoms with Crippen molar-refractivity contribution in [2.45, 2.75) is 37.6 Å². The Morgan fingerprint density at radius 1 is 0.960 bits per heavy atom. The molecule has 0 radical (unpaired) electrons. The van der Waals surface area contributed by atoms with Crippen LogP contribution in [-0.4, -0.2) is 52.7 Å². The van der Waals surface area contributed by atoms with Gasteiger partial charge in [0.2, 0.25) is 0 Å².